The van der Waals surface area contributed by atoms with Crippen molar-refractivity contribution in [2.24, 2.45) is 0 Å². The quantitative estimate of drug-likeness (QED) is 0.185. The highest BCUT2D eigenvalue weighted by Crippen LogP contribution is 2.42. The van der Waals surface area contributed by atoms with Crippen LogP contribution in [-0.4, -0.2) is 9.97 Å². The molecule has 9 aromatic rings. The van der Waals surface area contributed by atoms with Crippen LogP contribution in [0.25, 0.3) is 87.5 Å². The molecule has 2 nitrogen and oxygen atoms in total. The lowest BCUT2D eigenvalue weighted by Gasteiger charge is -2.12. The van der Waals surface area contributed by atoms with Gasteiger partial charge in [0.1, 0.15) is 0 Å². The number of fused-ring (bicyclic) bond motifs is 6. The Bertz CT molecular complexity index is 2710. The third-order valence-corrected chi connectivity index (χ3v) is 11.1. The number of hydrogen-bond donors (Lipinski definition) is 0. The molecule has 2 aromatic heterocycles. The summed E-state index contributed by atoms with van der Waals surface area (Å²) >= 11 is 1.85. The minimum atomic E-state index is 0.722. The summed E-state index contributed by atoms with van der Waals surface area (Å²) in [5, 5.41) is 2.63. The fraction of sp³-hybridized carbons (Fsp3) is 0.0213. The third-order valence-electron chi connectivity index (χ3n) is 9.99. The van der Waals surface area contributed by atoms with Gasteiger partial charge in [-0.3, -0.25) is 0 Å². The summed E-state index contributed by atoms with van der Waals surface area (Å²) in [6.45, 7) is 0. The number of benzene rings is 7. The molecule has 1 aliphatic carbocycles. The second kappa shape index (κ2) is 11.8. The van der Waals surface area contributed by atoms with E-state index < -0.39 is 0 Å². The molecule has 0 fully saturated rings. The molecule has 234 valence electrons. The van der Waals surface area contributed by atoms with E-state index in [1.165, 1.54) is 64.7 Å². The molecule has 0 saturated heterocycles. The fourth-order valence-corrected chi connectivity index (χ4v) is 8.53. The van der Waals surface area contributed by atoms with Crippen LogP contribution in [0.1, 0.15) is 11.1 Å². The van der Waals surface area contributed by atoms with Crippen LogP contribution in [0.5, 0.6) is 0 Å². The van der Waals surface area contributed by atoms with Gasteiger partial charge in [-0.2, -0.15) is 0 Å². The Morgan fingerprint density at radius 1 is 0.380 bits per heavy atom. The van der Waals surface area contributed by atoms with E-state index in [4.69, 9.17) is 9.97 Å². The van der Waals surface area contributed by atoms with Crippen LogP contribution in [-0.2, 0) is 6.42 Å². The van der Waals surface area contributed by atoms with Gasteiger partial charge in [0, 0.05) is 36.9 Å². The van der Waals surface area contributed by atoms with Crippen molar-refractivity contribution < 1.29 is 0 Å². The summed E-state index contributed by atoms with van der Waals surface area (Å²) in [5.41, 5.74) is 15.4. The van der Waals surface area contributed by atoms with Gasteiger partial charge in [-0.15, -0.1) is 11.3 Å². The van der Waals surface area contributed by atoms with Crippen LogP contribution in [0.3, 0.4) is 0 Å². The van der Waals surface area contributed by atoms with Crippen molar-refractivity contribution in [1.82, 2.24) is 9.97 Å². The Hall–Kier alpha value is -6.16. The Morgan fingerprint density at radius 2 is 0.980 bits per heavy atom. The Balaban J connectivity index is 1.01. The first kappa shape index (κ1) is 28.8. The third kappa shape index (κ3) is 4.94. The highest BCUT2D eigenvalue weighted by atomic mass is 32.1. The van der Waals surface area contributed by atoms with Crippen molar-refractivity contribution >= 4 is 31.5 Å². The molecule has 0 aliphatic heterocycles. The SMILES string of the molecule is c1ccc(-c2nc(-c3ccc(-c4ccc5sc6ccccc6c5c4)cc3)cc(-c3ccc(-c4cccc5c4Cc4ccccc4-5)cc3)n2)cc1. The van der Waals surface area contributed by atoms with Crippen LogP contribution in [0.4, 0.5) is 0 Å². The number of nitrogens with zero attached hydrogens (tertiary/aromatic N) is 2. The van der Waals surface area contributed by atoms with Gasteiger partial charge in [0.25, 0.3) is 0 Å². The molecular weight excluding hydrogens is 625 g/mol. The van der Waals surface area contributed by atoms with E-state index in [0.717, 1.165) is 40.3 Å². The largest absolute Gasteiger partial charge is 0.228 e. The molecular formula is C47H30N2S. The van der Waals surface area contributed by atoms with Gasteiger partial charge in [0.05, 0.1) is 11.4 Å². The molecule has 0 radical (unpaired) electrons. The van der Waals surface area contributed by atoms with Crippen LogP contribution < -0.4 is 0 Å². The summed E-state index contributed by atoms with van der Waals surface area (Å²) < 4.78 is 2.65. The number of hydrogen-bond acceptors (Lipinski definition) is 3. The summed E-state index contributed by atoms with van der Waals surface area (Å²) in [6.07, 6.45) is 0.970. The second-order valence-corrected chi connectivity index (χ2v) is 14.0. The van der Waals surface area contributed by atoms with Crippen molar-refractivity contribution in [3.63, 3.8) is 0 Å². The average molecular weight is 655 g/mol. The Labute approximate surface area is 295 Å². The molecule has 0 saturated carbocycles. The maximum atomic E-state index is 5.09. The van der Waals surface area contributed by atoms with E-state index >= 15 is 0 Å². The number of aromatic nitrogens is 2. The first-order chi connectivity index (χ1) is 24.7. The highest BCUT2D eigenvalue weighted by molar-refractivity contribution is 7.25. The molecule has 0 unspecified atom stereocenters. The molecule has 10 rings (SSSR count). The summed E-state index contributed by atoms with van der Waals surface area (Å²) in [7, 11) is 0. The minimum absolute atomic E-state index is 0.722. The van der Waals surface area contributed by atoms with Crippen molar-refractivity contribution in [1.29, 1.82) is 0 Å². The first-order valence-corrected chi connectivity index (χ1v) is 17.8. The van der Waals surface area contributed by atoms with Gasteiger partial charge < -0.3 is 0 Å². The van der Waals surface area contributed by atoms with E-state index in [9.17, 15) is 0 Å². The van der Waals surface area contributed by atoms with Crippen molar-refractivity contribution in [2.45, 2.75) is 6.42 Å². The molecule has 7 aromatic carbocycles. The van der Waals surface area contributed by atoms with E-state index in [0.29, 0.717) is 0 Å². The molecule has 0 N–H and O–H groups in total. The highest BCUT2D eigenvalue weighted by Gasteiger charge is 2.21. The summed E-state index contributed by atoms with van der Waals surface area (Å²) in [6, 6.07) is 61.0. The van der Waals surface area contributed by atoms with Crippen LogP contribution >= 0.6 is 11.3 Å². The van der Waals surface area contributed by atoms with Gasteiger partial charge in [0.15, 0.2) is 5.82 Å². The van der Waals surface area contributed by atoms with Gasteiger partial charge in [-0.1, -0.05) is 146 Å². The second-order valence-electron chi connectivity index (χ2n) is 13.0. The fourth-order valence-electron chi connectivity index (χ4n) is 7.45. The lowest BCUT2D eigenvalue weighted by atomic mass is 9.94. The molecule has 50 heavy (non-hydrogen) atoms. The van der Waals surface area contributed by atoms with Crippen molar-refractivity contribution in [3.8, 4) is 67.3 Å². The van der Waals surface area contributed by atoms with E-state index in [1.54, 1.807) is 0 Å². The number of rotatable bonds is 5. The topological polar surface area (TPSA) is 25.8 Å². The zero-order valence-electron chi connectivity index (χ0n) is 27.2. The smallest absolute Gasteiger partial charge is 0.160 e. The van der Waals surface area contributed by atoms with Crippen molar-refractivity contribution in [2.75, 3.05) is 0 Å². The van der Waals surface area contributed by atoms with Crippen LogP contribution in [0.2, 0.25) is 0 Å². The number of thiophene rings is 1. The lowest BCUT2D eigenvalue weighted by Crippen LogP contribution is -1.96. The predicted octanol–water partition coefficient (Wildman–Crippen LogP) is 12.8. The van der Waals surface area contributed by atoms with E-state index in [-0.39, 0.29) is 0 Å². The van der Waals surface area contributed by atoms with Gasteiger partial charge >= 0.3 is 0 Å². The standard InChI is InChI=1S/C47H30N2S/c1-2-9-34(10-3-1)47-48-43(32-21-17-30(18-22-32)35-25-26-46-42(27-35)40-13-6-7-16-45(40)50-46)29-44(49-47)33-23-19-31(20-24-33)37-14-8-15-39-38-12-5-4-11-36(38)28-41(37)39/h1-27,29H,28H2. The van der Waals surface area contributed by atoms with Crippen molar-refractivity contribution in [3.05, 3.63) is 181 Å². The lowest BCUT2D eigenvalue weighted by molar-refractivity contribution is 1.18. The Kier molecular flexibility index (Phi) is 6.78. The zero-order valence-corrected chi connectivity index (χ0v) is 28.0. The summed E-state index contributed by atoms with van der Waals surface area (Å²) in [4.78, 5) is 10.2. The van der Waals surface area contributed by atoms with Crippen LogP contribution in [0, 0.1) is 0 Å². The maximum absolute atomic E-state index is 5.09. The molecule has 0 spiro atoms. The van der Waals surface area contributed by atoms with E-state index in [1.807, 2.05) is 29.5 Å². The predicted molar refractivity (Wildman–Crippen MR) is 210 cm³/mol. The van der Waals surface area contributed by atoms with E-state index in [2.05, 4.69) is 152 Å². The molecule has 3 heteroatoms. The maximum Gasteiger partial charge on any atom is 0.160 e. The normalized spacial score (nSPS) is 11.9. The molecule has 0 amide bonds. The van der Waals surface area contributed by atoms with Gasteiger partial charge in [-0.05, 0) is 75.2 Å². The van der Waals surface area contributed by atoms with Gasteiger partial charge in [0.2, 0.25) is 0 Å². The molecule has 0 atom stereocenters. The zero-order chi connectivity index (χ0) is 33.0. The monoisotopic (exact) mass is 654 g/mol. The van der Waals surface area contributed by atoms with Gasteiger partial charge in [-0.25, -0.2) is 9.97 Å². The molecule has 1 aliphatic rings. The summed E-state index contributed by atoms with van der Waals surface area (Å²) in [5.74, 6) is 0.722. The molecule has 2 heterocycles. The first-order valence-electron chi connectivity index (χ1n) is 17.0. The minimum Gasteiger partial charge on any atom is -0.228 e. The average Bonchev–Trinajstić information content (AvgIpc) is 3.76. The Morgan fingerprint density at radius 3 is 1.78 bits per heavy atom. The van der Waals surface area contributed by atoms with Crippen LogP contribution in [0.15, 0.2) is 170 Å². The molecule has 0 bridgehead atoms.